The van der Waals surface area contributed by atoms with Crippen LogP contribution in [-0.4, -0.2) is 17.3 Å². The quantitative estimate of drug-likeness (QED) is 0.703. The molecule has 28 heavy (non-hydrogen) atoms. The van der Waals surface area contributed by atoms with Crippen molar-refractivity contribution in [2.75, 3.05) is 7.11 Å². The van der Waals surface area contributed by atoms with Crippen LogP contribution >= 0.6 is 0 Å². The highest BCUT2D eigenvalue weighted by atomic mass is 16.5. The summed E-state index contributed by atoms with van der Waals surface area (Å²) in [6.45, 7) is 4.09. The molecule has 142 valence electrons. The fourth-order valence-corrected chi connectivity index (χ4v) is 3.64. The minimum atomic E-state index is -0.0255. The van der Waals surface area contributed by atoms with Gasteiger partial charge < -0.3 is 14.5 Å². The fourth-order valence-electron chi connectivity index (χ4n) is 3.64. The predicted molar refractivity (Wildman–Crippen MR) is 109 cm³/mol. The van der Waals surface area contributed by atoms with Crippen molar-refractivity contribution in [3.05, 3.63) is 95.0 Å². The van der Waals surface area contributed by atoms with Crippen molar-refractivity contribution in [2.45, 2.75) is 26.2 Å². The molecular formula is C23H23N3O2. The number of benzene rings is 2. The molecule has 0 saturated carbocycles. The first-order valence-corrected chi connectivity index (χ1v) is 9.31. The molecule has 0 amide bonds. The number of methoxy groups -OCH3 is 1. The number of hydrogen-bond acceptors (Lipinski definition) is 5. The Kier molecular flexibility index (Phi) is 4.98. The van der Waals surface area contributed by atoms with Gasteiger partial charge in [0.25, 0.3) is 0 Å². The Morgan fingerprint density at radius 1 is 1.00 bits per heavy atom. The number of rotatable bonds is 5. The maximum absolute atomic E-state index is 6.07. The van der Waals surface area contributed by atoms with Gasteiger partial charge >= 0.3 is 0 Å². The van der Waals surface area contributed by atoms with Gasteiger partial charge in [0.1, 0.15) is 5.75 Å². The summed E-state index contributed by atoms with van der Waals surface area (Å²) < 4.78 is 11.7. The lowest BCUT2D eigenvalue weighted by molar-refractivity contribution is 0.409. The van der Waals surface area contributed by atoms with E-state index >= 15 is 0 Å². The molecule has 1 aromatic heterocycles. The highest BCUT2D eigenvalue weighted by molar-refractivity contribution is 5.73. The van der Waals surface area contributed by atoms with E-state index in [-0.39, 0.29) is 5.92 Å². The number of nitrogens with one attached hydrogen (secondary N) is 1. The molecule has 0 saturated heterocycles. The Morgan fingerprint density at radius 2 is 1.75 bits per heavy atom. The zero-order valence-corrected chi connectivity index (χ0v) is 16.3. The van der Waals surface area contributed by atoms with Crippen molar-refractivity contribution in [1.29, 1.82) is 0 Å². The van der Waals surface area contributed by atoms with Gasteiger partial charge in [-0.05, 0) is 25.5 Å². The third-order valence-corrected chi connectivity index (χ3v) is 4.89. The summed E-state index contributed by atoms with van der Waals surface area (Å²) in [7, 11) is 1.69. The molecule has 2 aromatic carbocycles. The third kappa shape index (κ3) is 3.56. The van der Waals surface area contributed by atoms with Gasteiger partial charge in [-0.15, -0.1) is 10.2 Å². The summed E-state index contributed by atoms with van der Waals surface area (Å²) in [6.07, 6.45) is 2.78. The second kappa shape index (κ2) is 7.72. The second-order valence-electron chi connectivity index (χ2n) is 6.90. The topological polar surface area (TPSA) is 60.2 Å². The summed E-state index contributed by atoms with van der Waals surface area (Å²) in [6, 6.07) is 18.2. The van der Waals surface area contributed by atoms with Crippen molar-refractivity contribution in [3.63, 3.8) is 0 Å². The minimum Gasteiger partial charge on any atom is -0.496 e. The number of allylic oxidation sites excluding steroid dienone is 4. The van der Waals surface area contributed by atoms with E-state index in [1.807, 2.05) is 43.3 Å². The molecule has 3 aromatic rings. The van der Waals surface area contributed by atoms with Crippen molar-refractivity contribution >= 4 is 5.57 Å². The van der Waals surface area contributed by atoms with Crippen LogP contribution in [0.1, 0.15) is 42.7 Å². The molecule has 2 heterocycles. The Hall–Kier alpha value is -3.34. The smallest absolute Gasteiger partial charge is 0.246 e. The molecule has 1 aliphatic rings. The van der Waals surface area contributed by atoms with Crippen LogP contribution in [0.4, 0.5) is 0 Å². The Labute approximate surface area is 164 Å². The van der Waals surface area contributed by atoms with Gasteiger partial charge in [-0.3, -0.25) is 0 Å². The van der Waals surface area contributed by atoms with E-state index in [9.17, 15) is 0 Å². The molecule has 0 spiro atoms. The normalized spacial score (nSPS) is 16.5. The second-order valence-corrected chi connectivity index (χ2v) is 6.90. The highest BCUT2D eigenvalue weighted by Crippen LogP contribution is 2.41. The first-order valence-electron chi connectivity index (χ1n) is 9.31. The number of dihydropyridines is 1. The van der Waals surface area contributed by atoms with Crippen LogP contribution in [-0.2, 0) is 6.42 Å². The summed E-state index contributed by atoms with van der Waals surface area (Å²) in [5.41, 5.74) is 5.28. The molecule has 1 atom stereocenters. The van der Waals surface area contributed by atoms with Gasteiger partial charge in [-0.25, -0.2) is 0 Å². The zero-order chi connectivity index (χ0) is 19.5. The van der Waals surface area contributed by atoms with Crippen LogP contribution in [0.5, 0.6) is 5.75 Å². The molecule has 0 fully saturated rings. The lowest BCUT2D eigenvalue weighted by Crippen LogP contribution is -2.19. The van der Waals surface area contributed by atoms with Crippen molar-refractivity contribution in [3.8, 4) is 5.75 Å². The Morgan fingerprint density at radius 3 is 2.54 bits per heavy atom. The molecule has 0 bridgehead atoms. The van der Waals surface area contributed by atoms with E-state index < -0.39 is 0 Å². The van der Waals surface area contributed by atoms with Crippen LogP contribution in [0, 0.1) is 0 Å². The van der Waals surface area contributed by atoms with Crippen molar-refractivity contribution in [1.82, 2.24) is 15.5 Å². The van der Waals surface area contributed by atoms with Gasteiger partial charge in [0.15, 0.2) is 0 Å². The number of hydrogen-bond donors (Lipinski definition) is 1. The Bertz CT molecular complexity index is 1030. The van der Waals surface area contributed by atoms with E-state index in [2.05, 4.69) is 46.7 Å². The molecule has 0 aliphatic carbocycles. The third-order valence-electron chi connectivity index (χ3n) is 4.89. The summed E-state index contributed by atoms with van der Waals surface area (Å²) in [4.78, 5) is 0. The zero-order valence-electron chi connectivity index (χ0n) is 16.3. The molecule has 4 rings (SSSR count). The SMILES string of the molecule is COc1ccccc1C1C=C(C)NC(C)=C1c1nnc(Cc2ccccc2)o1. The summed E-state index contributed by atoms with van der Waals surface area (Å²) in [5, 5.41) is 12.0. The largest absolute Gasteiger partial charge is 0.496 e. The van der Waals surface area contributed by atoms with Crippen molar-refractivity contribution in [2.24, 2.45) is 0 Å². The van der Waals surface area contributed by atoms with Gasteiger partial charge in [-0.1, -0.05) is 54.6 Å². The van der Waals surface area contributed by atoms with Gasteiger partial charge in [0, 0.05) is 28.4 Å². The lowest BCUT2D eigenvalue weighted by Gasteiger charge is -2.26. The monoisotopic (exact) mass is 373 g/mol. The number of nitrogens with zero attached hydrogens (tertiary/aromatic N) is 2. The average molecular weight is 373 g/mol. The molecule has 5 nitrogen and oxygen atoms in total. The summed E-state index contributed by atoms with van der Waals surface area (Å²) >= 11 is 0. The molecular weight excluding hydrogens is 350 g/mol. The molecule has 1 aliphatic heterocycles. The molecule has 5 heteroatoms. The maximum atomic E-state index is 6.07. The van der Waals surface area contributed by atoms with Crippen LogP contribution in [0.3, 0.4) is 0 Å². The van der Waals surface area contributed by atoms with Crippen LogP contribution in [0.25, 0.3) is 5.57 Å². The van der Waals surface area contributed by atoms with Gasteiger partial charge in [0.2, 0.25) is 11.8 Å². The van der Waals surface area contributed by atoms with Gasteiger partial charge in [0.05, 0.1) is 13.5 Å². The van der Waals surface area contributed by atoms with E-state index in [1.165, 1.54) is 0 Å². The maximum Gasteiger partial charge on any atom is 0.246 e. The van der Waals surface area contributed by atoms with E-state index in [0.717, 1.165) is 33.8 Å². The minimum absolute atomic E-state index is 0.0255. The van der Waals surface area contributed by atoms with E-state index in [4.69, 9.17) is 9.15 Å². The predicted octanol–water partition coefficient (Wildman–Crippen LogP) is 4.69. The Balaban J connectivity index is 1.71. The summed E-state index contributed by atoms with van der Waals surface area (Å²) in [5.74, 6) is 1.96. The number of ether oxygens (including phenoxy) is 1. The average Bonchev–Trinajstić information content (AvgIpc) is 3.16. The van der Waals surface area contributed by atoms with E-state index in [1.54, 1.807) is 7.11 Å². The first-order chi connectivity index (χ1) is 13.7. The van der Waals surface area contributed by atoms with Crippen molar-refractivity contribution < 1.29 is 9.15 Å². The van der Waals surface area contributed by atoms with Gasteiger partial charge in [-0.2, -0.15) is 0 Å². The highest BCUT2D eigenvalue weighted by Gasteiger charge is 2.28. The van der Waals surface area contributed by atoms with Crippen LogP contribution < -0.4 is 10.1 Å². The number of aromatic nitrogens is 2. The van der Waals surface area contributed by atoms with Crippen LogP contribution in [0.15, 0.2) is 76.5 Å². The molecule has 1 unspecified atom stereocenters. The fraction of sp³-hybridized carbons (Fsp3) is 0.217. The number of para-hydroxylation sites is 1. The standard InChI is InChI=1S/C23H23N3O2/c1-15-13-19(18-11-7-8-12-20(18)27-3)22(16(2)24-15)23-26-25-21(28-23)14-17-9-5-4-6-10-17/h4-13,19,24H,14H2,1-3H3. The molecule has 1 N–H and O–H groups in total. The lowest BCUT2D eigenvalue weighted by atomic mass is 9.86. The van der Waals surface area contributed by atoms with E-state index in [0.29, 0.717) is 18.2 Å². The molecule has 0 radical (unpaired) electrons. The van der Waals surface area contributed by atoms with Crippen LogP contribution in [0.2, 0.25) is 0 Å². The first kappa shape index (κ1) is 18.0.